The fraction of sp³-hybridized carbons (Fsp3) is 0.314. The summed E-state index contributed by atoms with van der Waals surface area (Å²) < 4.78 is 104. The van der Waals surface area contributed by atoms with Gasteiger partial charge in [-0.05, 0) is 89.0 Å². The third-order valence-electron chi connectivity index (χ3n) is 18.3. The van der Waals surface area contributed by atoms with Crippen LogP contribution < -0.4 is 0 Å². The zero-order valence-electron chi connectivity index (χ0n) is 60.0. The van der Waals surface area contributed by atoms with Gasteiger partial charge in [-0.25, -0.2) is 24.0 Å². The third-order valence-corrected chi connectivity index (χ3v) is 20.9. The first-order chi connectivity index (χ1) is 52.7. The fourth-order valence-electron chi connectivity index (χ4n) is 12.6. The summed E-state index contributed by atoms with van der Waals surface area (Å²) in [6.45, 7) is 6.34. The van der Waals surface area contributed by atoms with Crippen LogP contribution in [0.5, 0.6) is 0 Å². The Kier molecular flexibility index (Phi) is 28.6. The highest BCUT2D eigenvalue weighted by molar-refractivity contribution is 14.1. The van der Waals surface area contributed by atoms with Gasteiger partial charge in [-0.3, -0.25) is 0 Å². The van der Waals surface area contributed by atoms with Gasteiger partial charge in [0, 0.05) is 19.1 Å². The molecule has 108 heavy (non-hydrogen) atoms. The van der Waals surface area contributed by atoms with E-state index in [1.807, 2.05) is 121 Å². The molecular weight excluding hydrogens is 1510 g/mol. The summed E-state index contributed by atoms with van der Waals surface area (Å²) in [6.07, 6.45) is -21.9. The average molecular weight is 1600 g/mol. The smallest absolute Gasteiger partial charge is 0.338 e. The molecule has 562 valence electrons. The van der Waals surface area contributed by atoms with E-state index in [0.717, 1.165) is 22.3 Å². The van der Waals surface area contributed by atoms with Gasteiger partial charge >= 0.3 is 29.8 Å². The predicted molar refractivity (Wildman–Crippen MR) is 409 cm³/mol. The topological polar surface area (TPSA) is 224 Å². The Balaban J connectivity index is 0.999. The number of carbonyl (C=O) groups excluding carboxylic acids is 5. The number of alkyl halides is 1. The molecule has 22 heteroatoms. The first-order valence-electron chi connectivity index (χ1n) is 36.0. The molecule has 3 heterocycles. The monoisotopic (exact) mass is 1590 g/mol. The Morgan fingerprint density at radius 3 is 1.02 bits per heavy atom. The second-order valence-corrected chi connectivity index (χ2v) is 33.9. The number of rotatable bonds is 33. The number of esters is 5. The SMILES string of the molecule is C[Si](C)(C)CCO[C@@H]1O[C@H](COC(=O)c2ccccc2)[C@@H](O[C@@H]2O[C@H](CI)[C@H](O[C@H]3O[C@H](COCc4ccccc4)[C@H](OCc4ccccc4)[C@H](OCc4ccccc4)[C@H]3OCc3ccccc3)[C@H](OC(=O)c3ccccc3)[C@H]2OC(=O)c2ccccc2)[C@H](OC(=O)c2ccccc2)[C@H]1OC(=O)c1ccccc1. The lowest BCUT2D eigenvalue weighted by molar-refractivity contribution is -0.379. The van der Waals surface area contributed by atoms with E-state index in [0.29, 0.717) is 6.04 Å². The van der Waals surface area contributed by atoms with Crippen molar-refractivity contribution in [2.24, 2.45) is 0 Å². The lowest BCUT2D eigenvalue weighted by Crippen LogP contribution is -2.68. The van der Waals surface area contributed by atoms with E-state index in [9.17, 15) is 9.59 Å². The van der Waals surface area contributed by atoms with Gasteiger partial charge in [-0.2, -0.15) is 0 Å². The zero-order chi connectivity index (χ0) is 75.0. The van der Waals surface area contributed by atoms with Crippen molar-refractivity contribution in [3.8, 4) is 0 Å². The highest BCUT2D eigenvalue weighted by atomic mass is 127. The number of carbonyl (C=O) groups is 5. The molecule has 0 amide bonds. The summed E-state index contributed by atoms with van der Waals surface area (Å²) in [5, 5.41) is 0. The van der Waals surface area contributed by atoms with Gasteiger partial charge < -0.3 is 71.1 Å². The van der Waals surface area contributed by atoms with Crippen LogP contribution in [0, 0.1) is 0 Å². The summed E-state index contributed by atoms with van der Waals surface area (Å²) in [5.41, 5.74) is 4.04. The van der Waals surface area contributed by atoms with E-state index < -0.39 is 137 Å². The minimum Gasteiger partial charge on any atom is -0.459 e. The van der Waals surface area contributed by atoms with Gasteiger partial charge in [0.1, 0.15) is 49.3 Å². The maximum Gasteiger partial charge on any atom is 0.338 e. The number of benzene rings is 9. The van der Waals surface area contributed by atoms with Crippen LogP contribution in [-0.2, 0) is 97.5 Å². The van der Waals surface area contributed by atoms with Gasteiger partial charge in [-0.1, -0.05) is 255 Å². The molecule has 9 aromatic carbocycles. The minimum atomic E-state index is -1.88. The van der Waals surface area contributed by atoms with Crippen LogP contribution in [0.25, 0.3) is 0 Å². The molecule has 0 saturated carbocycles. The first kappa shape index (κ1) is 78.5. The van der Waals surface area contributed by atoms with Crippen LogP contribution in [0.4, 0.5) is 0 Å². The third kappa shape index (κ3) is 21.9. The van der Waals surface area contributed by atoms with E-state index in [4.69, 9.17) is 71.1 Å². The lowest BCUT2D eigenvalue weighted by atomic mass is 9.95. The van der Waals surface area contributed by atoms with Gasteiger partial charge in [0.25, 0.3) is 0 Å². The van der Waals surface area contributed by atoms with Crippen LogP contribution in [0.2, 0.25) is 25.7 Å². The molecule has 0 radical (unpaired) electrons. The number of hydrogen-bond acceptors (Lipinski definition) is 20. The number of halogens is 1. The van der Waals surface area contributed by atoms with E-state index in [1.54, 1.807) is 152 Å². The Morgan fingerprint density at radius 2 is 0.620 bits per heavy atom. The van der Waals surface area contributed by atoms with Gasteiger partial charge in [-0.15, -0.1) is 0 Å². The quantitative estimate of drug-likeness (QED) is 0.0123. The van der Waals surface area contributed by atoms with Crippen LogP contribution in [-0.4, -0.2) is 154 Å². The largest absolute Gasteiger partial charge is 0.459 e. The Hall–Kier alpha value is -9.12. The van der Waals surface area contributed by atoms with Crippen LogP contribution in [0.15, 0.2) is 273 Å². The molecule has 0 N–H and O–H groups in total. The summed E-state index contributed by atoms with van der Waals surface area (Å²) in [4.78, 5) is 74.6. The minimum absolute atomic E-state index is 0.0181. The fourth-order valence-corrected chi connectivity index (χ4v) is 14.1. The maximum absolute atomic E-state index is 15.3. The van der Waals surface area contributed by atoms with Crippen molar-refractivity contribution in [1.82, 2.24) is 0 Å². The van der Waals surface area contributed by atoms with Crippen molar-refractivity contribution in [1.29, 1.82) is 0 Å². The second-order valence-electron chi connectivity index (χ2n) is 27.4. The summed E-state index contributed by atoms with van der Waals surface area (Å²) in [7, 11) is -1.87. The molecule has 3 aliphatic rings. The van der Waals surface area contributed by atoms with Gasteiger partial charge in [0.2, 0.25) is 0 Å². The molecule has 0 spiro atoms. The molecule has 0 bridgehead atoms. The van der Waals surface area contributed by atoms with E-state index in [1.165, 1.54) is 0 Å². The number of ether oxygens (including phenoxy) is 15. The molecule has 20 nitrogen and oxygen atoms in total. The maximum atomic E-state index is 15.3. The number of hydrogen-bond donors (Lipinski definition) is 0. The molecular formula is C86H87IO20Si. The van der Waals surface area contributed by atoms with Crippen molar-refractivity contribution in [2.75, 3.05) is 24.2 Å². The van der Waals surface area contributed by atoms with Crippen LogP contribution in [0.3, 0.4) is 0 Å². The Morgan fingerprint density at radius 1 is 0.315 bits per heavy atom. The predicted octanol–water partition coefficient (Wildman–Crippen LogP) is 14.5. The average Bonchev–Trinajstić information content (AvgIpc) is 0.759. The van der Waals surface area contributed by atoms with Gasteiger partial charge in [0.15, 0.2) is 43.3 Å². The molecule has 12 rings (SSSR count). The molecule has 0 aromatic heterocycles. The standard InChI is InChI=1S/C86H87IO20Si/c1-108(2,3)50-49-94-84-77(104-82(91)65-45-27-11-28-46-65)75(103-81(90)64-43-25-10-26-44-64)72(69(100-84)57-98-79(88)62-39-21-8-22-40-62)107-86-78(105-83(92)66-47-29-12-30-48-66)74(102-80(89)63-41-23-9-24-42-63)71(67(51-87)99-86)106-85-76(97-55-61-37-19-7-20-38-61)73(96-54-60-35-17-6-18-36-60)70(95-53-59-33-15-5-16-34-59)68(101-85)56-93-52-58-31-13-4-14-32-58/h4-48,67-78,84-86H,49-57H2,1-3H3/t67-,68-,69-,70+,71+,72-,73+,74+,75+,76-,77-,78-,84-,85-,86+/m1/s1. The molecule has 9 aromatic rings. The van der Waals surface area contributed by atoms with Crippen LogP contribution >= 0.6 is 22.6 Å². The van der Waals surface area contributed by atoms with Gasteiger partial charge in [0.05, 0.1) is 67.0 Å². The van der Waals surface area contributed by atoms with Crippen LogP contribution in [0.1, 0.15) is 74.0 Å². The molecule has 3 saturated heterocycles. The van der Waals surface area contributed by atoms with Crippen molar-refractivity contribution in [3.05, 3.63) is 323 Å². The van der Waals surface area contributed by atoms with E-state index in [2.05, 4.69) is 42.2 Å². The van der Waals surface area contributed by atoms with E-state index >= 15 is 14.4 Å². The molecule has 0 unspecified atom stereocenters. The normalized spacial score (nSPS) is 24.1. The van der Waals surface area contributed by atoms with E-state index in [-0.39, 0.29) is 71.9 Å². The summed E-state index contributed by atoms with van der Waals surface area (Å²) in [6, 6.07) is 80.2. The Labute approximate surface area is 643 Å². The summed E-state index contributed by atoms with van der Waals surface area (Å²) >= 11 is 2.13. The molecule has 0 aliphatic carbocycles. The zero-order valence-corrected chi connectivity index (χ0v) is 63.2. The first-order valence-corrected chi connectivity index (χ1v) is 41.2. The van der Waals surface area contributed by atoms with Crippen molar-refractivity contribution < 1.29 is 95.0 Å². The van der Waals surface area contributed by atoms with Crippen molar-refractivity contribution in [3.63, 3.8) is 0 Å². The molecule has 15 atom stereocenters. The highest BCUT2D eigenvalue weighted by Crippen LogP contribution is 2.40. The Bertz CT molecular complexity index is 4240. The lowest BCUT2D eigenvalue weighted by Gasteiger charge is -2.51. The van der Waals surface area contributed by atoms with Crippen molar-refractivity contribution >= 4 is 60.5 Å². The van der Waals surface area contributed by atoms with Crippen molar-refractivity contribution in [2.45, 2.75) is 144 Å². The summed E-state index contributed by atoms with van der Waals surface area (Å²) in [5.74, 6) is -4.28. The molecule has 3 aliphatic heterocycles. The highest BCUT2D eigenvalue weighted by Gasteiger charge is 2.60. The molecule has 3 fully saturated rings. The second kappa shape index (κ2) is 39.3.